The standard InChI is InChI=1S/C16H24O4/c1-4-8-17-14-7-6-13(12-15(14)18-9-5-2)16(3)19-10-11-20-16/h6-7,12H,4-5,8-11H2,1-3H3. The largest absolute Gasteiger partial charge is 0.490 e. The maximum atomic E-state index is 5.79. The molecule has 1 fully saturated rings. The number of ether oxygens (including phenoxy) is 4. The molecule has 0 aromatic heterocycles. The van der Waals surface area contributed by atoms with Crippen LogP contribution in [-0.2, 0) is 15.3 Å². The minimum absolute atomic E-state index is 0.621. The molecule has 4 heteroatoms. The predicted molar refractivity (Wildman–Crippen MR) is 77.3 cm³/mol. The van der Waals surface area contributed by atoms with Crippen molar-refractivity contribution in [1.29, 1.82) is 0 Å². The average molecular weight is 280 g/mol. The maximum Gasteiger partial charge on any atom is 0.192 e. The first-order valence-electron chi connectivity index (χ1n) is 7.37. The molecular weight excluding hydrogens is 256 g/mol. The van der Waals surface area contributed by atoms with Crippen LogP contribution in [0.3, 0.4) is 0 Å². The fourth-order valence-electron chi connectivity index (χ4n) is 2.13. The molecule has 0 bridgehead atoms. The van der Waals surface area contributed by atoms with E-state index in [1.165, 1.54) is 0 Å². The van der Waals surface area contributed by atoms with Crippen molar-refractivity contribution in [1.82, 2.24) is 0 Å². The van der Waals surface area contributed by atoms with Gasteiger partial charge in [-0.25, -0.2) is 0 Å². The van der Waals surface area contributed by atoms with E-state index >= 15 is 0 Å². The van der Waals surface area contributed by atoms with Gasteiger partial charge in [-0.05, 0) is 38.0 Å². The van der Waals surface area contributed by atoms with Crippen molar-refractivity contribution in [2.75, 3.05) is 26.4 Å². The molecule has 0 spiro atoms. The zero-order chi connectivity index (χ0) is 14.4. The molecule has 0 radical (unpaired) electrons. The molecule has 4 nitrogen and oxygen atoms in total. The lowest BCUT2D eigenvalue weighted by atomic mass is 10.1. The monoisotopic (exact) mass is 280 g/mol. The molecule has 0 saturated carbocycles. The second kappa shape index (κ2) is 6.95. The summed E-state index contributed by atoms with van der Waals surface area (Å²) in [6, 6.07) is 5.88. The van der Waals surface area contributed by atoms with Crippen LogP contribution in [-0.4, -0.2) is 26.4 Å². The summed E-state index contributed by atoms with van der Waals surface area (Å²) >= 11 is 0. The van der Waals surface area contributed by atoms with Crippen LogP contribution in [0.25, 0.3) is 0 Å². The van der Waals surface area contributed by atoms with Crippen LogP contribution in [0, 0.1) is 0 Å². The molecule has 1 aromatic rings. The molecule has 0 amide bonds. The predicted octanol–water partition coefficient (Wildman–Crippen LogP) is 3.48. The van der Waals surface area contributed by atoms with Crippen LogP contribution in [0.4, 0.5) is 0 Å². The lowest BCUT2D eigenvalue weighted by Crippen LogP contribution is -2.22. The average Bonchev–Trinajstić information content (AvgIpc) is 2.91. The number of hydrogen-bond donors (Lipinski definition) is 0. The molecule has 0 atom stereocenters. The van der Waals surface area contributed by atoms with E-state index in [1.807, 2.05) is 25.1 Å². The first-order chi connectivity index (χ1) is 9.69. The first-order valence-corrected chi connectivity index (χ1v) is 7.37. The zero-order valence-electron chi connectivity index (χ0n) is 12.6. The van der Waals surface area contributed by atoms with Gasteiger partial charge >= 0.3 is 0 Å². The maximum absolute atomic E-state index is 5.79. The Morgan fingerprint density at radius 1 is 1.00 bits per heavy atom. The topological polar surface area (TPSA) is 36.9 Å². The number of benzene rings is 1. The summed E-state index contributed by atoms with van der Waals surface area (Å²) in [6.07, 6.45) is 1.93. The summed E-state index contributed by atoms with van der Waals surface area (Å²) in [6.45, 7) is 8.70. The molecule has 20 heavy (non-hydrogen) atoms. The van der Waals surface area contributed by atoms with Gasteiger partial charge in [0.15, 0.2) is 17.3 Å². The fourth-order valence-corrected chi connectivity index (χ4v) is 2.13. The van der Waals surface area contributed by atoms with Gasteiger partial charge in [0.05, 0.1) is 26.4 Å². The van der Waals surface area contributed by atoms with Crippen molar-refractivity contribution in [2.24, 2.45) is 0 Å². The lowest BCUT2D eigenvalue weighted by molar-refractivity contribution is -0.149. The fraction of sp³-hybridized carbons (Fsp3) is 0.625. The minimum Gasteiger partial charge on any atom is -0.490 e. The Bertz CT molecular complexity index is 424. The summed E-state index contributed by atoms with van der Waals surface area (Å²) in [4.78, 5) is 0. The SMILES string of the molecule is CCCOc1ccc(C2(C)OCCO2)cc1OCCC. The lowest BCUT2D eigenvalue weighted by Gasteiger charge is -2.24. The van der Waals surface area contributed by atoms with Crippen molar-refractivity contribution in [3.05, 3.63) is 23.8 Å². The van der Waals surface area contributed by atoms with Gasteiger partial charge in [-0.15, -0.1) is 0 Å². The van der Waals surface area contributed by atoms with E-state index < -0.39 is 5.79 Å². The van der Waals surface area contributed by atoms with Crippen molar-refractivity contribution in [3.63, 3.8) is 0 Å². The van der Waals surface area contributed by atoms with Crippen LogP contribution in [0.1, 0.15) is 39.2 Å². The zero-order valence-corrected chi connectivity index (χ0v) is 12.6. The van der Waals surface area contributed by atoms with Crippen LogP contribution in [0.5, 0.6) is 11.5 Å². The smallest absolute Gasteiger partial charge is 0.192 e. The highest BCUT2D eigenvalue weighted by Crippen LogP contribution is 2.37. The van der Waals surface area contributed by atoms with Crippen LogP contribution < -0.4 is 9.47 Å². The Morgan fingerprint density at radius 3 is 2.20 bits per heavy atom. The second-order valence-electron chi connectivity index (χ2n) is 5.00. The molecule has 112 valence electrons. The summed E-state index contributed by atoms with van der Waals surface area (Å²) < 4.78 is 22.9. The normalized spacial score (nSPS) is 17.1. The van der Waals surface area contributed by atoms with E-state index in [4.69, 9.17) is 18.9 Å². The van der Waals surface area contributed by atoms with Crippen molar-refractivity contribution in [3.8, 4) is 11.5 Å². The highest BCUT2D eigenvalue weighted by atomic mass is 16.7. The summed E-state index contributed by atoms with van der Waals surface area (Å²) in [7, 11) is 0. The summed E-state index contributed by atoms with van der Waals surface area (Å²) in [5.41, 5.74) is 0.963. The van der Waals surface area contributed by atoms with E-state index in [0.29, 0.717) is 26.4 Å². The van der Waals surface area contributed by atoms with Gasteiger partial charge in [-0.2, -0.15) is 0 Å². The molecule has 0 unspecified atom stereocenters. The van der Waals surface area contributed by atoms with Gasteiger partial charge in [0.1, 0.15) is 0 Å². The van der Waals surface area contributed by atoms with Crippen LogP contribution in [0.15, 0.2) is 18.2 Å². The molecule has 1 aliphatic rings. The summed E-state index contributed by atoms with van der Waals surface area (Å²) in [5.74, 6) is 0.872. The van der Waals surface area contributed by atoms with Gasteiger partial charge in [-0.3, -0.25) is 0 Å². The second-order valence-corrected chi connectivity index (χ2v) is 5.00. The Labute approximate surface area is 121 Å². The Hall–Kier alpha value is -1.26. The first kappa shape index (κ1) is 15.1. The summed E-state index contributed by atoms with van der Waals surface area (Å²) in [5, 5.41) is 0. The molecule has 0 N–H and O–H groups in total. The Morgan fingerprint density at radius 2 is 1.60 bits per heavy atom. The van der Waals surface area contributed by atoms with Crippen molar-refractivity contribution >= 4 is 0 Å². The Kier molecular flexibility index (Phi) is 5.26. The van der Waals surface area contributed by atoms with Gasteiger partial charge < -0.3 is 18.9 Å². The van der Waals surface area contributed by atoms with Gasteiger partial charge in [-0.1, -0.05) is 13.8 Å². The van der Waals surface area contributed by atoms with E-state index in [0.717, 1.165) is 29.9 Å². The highest BCUT2D eigenvalue weighted by Gasteiger charge is 2.33. The molecule has 1 saturated heterocycles. The number of hydrogen-bond acceptors (Lipinski definition) is 4. The molecule has 1 aliphatic heterocycles. The van der Waals surface area contributed by atoms with Gasteiger partial charge in [0.25, 0.3) is 0 Å². The van der Waals surface area contributed by atoms with Crippen molar-refractivity contribution < 1.29 is 18.9 Å². The molecular formula is C16H24O4. The molecule has 1 heterocycles. The van der Waals surface area contributed by atoms with Crippen molar-refractivity contribution in [2.45, 2.75) is 39.4 Å². The number of rotatable bonds is 7. The quantitative estimate of drug-likeness (QED) is 0.766. The van der Waals surface area contributed by atoms with E-state index in [2.05, 4.69) is 13.8 Å². The highest BCUT2D eigenvalue weighted by molar-refractivity contribution is 5.44. The molecule has 0 aliphatic carbocycles. The third kappa shape index (κ3) is 3.44. The third-order valence-corrected chi connectivity index (χ3v) is 3.23. The Balaban J connectivity index is 2.22. The van der Waals surface area contributed by atoms with Crippen LogP contribution in [0.2, 0.25) is 0 Å². The minimum atomic E-state index is -0.673. The third-order valence-electron chi connectivity index (χ3n) is 3.23. The van der Waals surface area contributed by atoms with Crippen LogP contribution >= 0.6 is 0 Å². The van der Waals surface area contributed by atoms with E-state index in [1.54, 1.807) is 0 Å². The van der Waals surface area contributed by atoms with E-state index in [-0.39, 0.29) is 0 Å². The van der Waals surface area contributed by atoms with Gasteiger partial charge in [0.2, 0.25) is 0 Å². The van der Waals surface area contributed by atoms with E-state index in [9.17, 15) is 0 Å². The molecule has 2 rings (SSSR count). The molecule has 1 aromatic carbocycles. The van der Waals surface area contributed by atoms with Gasteiger partial charge in [0, 0.05) is 5.56 Å².